The molecule has 2 saturated carbocycles. The van der Waals surface area contributed by atoms with E-state index in [4.69, 9.17) is 10.5 Å². The minimum Gasteiger partial charge on any atom is -0.469 e. The van der Waals surface area contributed by atoms with Crippen LogP contribution in [0.25, 0.3) is 0 Å². The Morgan fingerprint density at radius 1 is 1.46 bits per heavy atom. The molecule has 2 fully saturated rings. The monoisotopic (exact) mass is 205 g/mol. The highest BCUT2D eigenvalue weighted by atomic mass is 35.5. The highest BCUT2D eigenvalue weighted by Crippen LogP contribution is 2.50. The molecule has 2 aliphatic carbocycles. The summed E-state index contributed by atoms with van der Waals surface area (Å²) in [6, 6.07) is 0.0659. The predicted molar refractivity (Wildman–Crippen MR) is 51.6 cm³/mol. The highest BCUT2D eigenvalue weighted by Gasteiger charge is 2.49. The van der Waals surface area contributed by atoms with Crippen LogP contribution in [0.4, 0.5) is 0 Å². The number of hydrogen-bond acceptors (Lipinski definition) is 3. The van der Waals surface area contributed by atoms with Crippen molar-refractivity contribution in [3.63, 3.8) is 0 Å². The van der Waals surface area contributed by atoms with Gasteiger partial charge in [0, 0.05) is 6.04 Å². The molecule has 0 heterocycles. The first-order valence-electron chi connectivity index (χ1n) is 4.57. The quantitative estimate of drug-likeness (QED) is 0.649. The van der Waals surface area contributed by atoms with Crippen LogP contribution in [0.15, 0.2) is 0 Å². The summed E-state index contributed by atoms with van der Waals surface area (Å²) in [5.41, 5.74) is 5.94. The van der Waals surface area contributed by atoms with E-state index in [1.165, 1.54) is 13.5 Å². The Morgan fingerprint density at radius 2 is 2.15 bits per heavy atom. The molecule has 13 heavy (non-hydrogen) atoms. The summed E-state index contributed by atoms with van der Waals surface area (Å²) in [6.45, 7) is 0. The molecule has 3 nitrogen and oxygen atoms in total. The smallest absolute Gasteiger partial charge is 0.310 e. The zero-order valence-corrected chi connectivity index (χ0v) is 8.55. The maximum atomic E-state index is 11.2. The fourth-order valence-corrected chi connectivity index (χ4v) is 2.39. The molecule has 2 N–H and O–H groups in total. The van der Waals surface area contributed by atoms with Gasteiger partial charge in [0.1, 0.15) is 0 Å². The van der Waals surface area contributed by atoms with Gasteiger partial charge in [0.05, 0.1) is 13.0 Å². The normalized spacial score (nSPS) is 41.4. The van der Waals surface area contributed by atoms with E-state index < -0.39 is 0 Å². The fraction of sp³-hybridized carbons (Fsp3) is 0.889. The Hall–Kier alpha value is -0.280. The average molecular weight is 206 g/mol. The lowest BCUT2D eigenvalue weighted by Gasteiger charge is -2.25. The lowest BCUT2D eigenvalue weighted by atomic mass is 9.85. The first kappa shape index (κ1) is 10.8. The van der Waals surface area contributed by atoms with Gasteiger partial charge in [-0.2, -0.15) is 0 Å². The Morgan fingerprint density at radius 3 is 2.77 bits per heavy atom. The van der Waals surface area contributed by atoms with Gasteiger partial charge in [-0.05, 0) is 31.1 Å². The van der Waals surface area contributed by atoms with Crippen molar-refractivity contribution in [3.05, 3.63) is 0 Å². The standard InChI is InChI=1S/C9H15NO2.ClH/c1-12-9(11)6-3-2-5-4-7(5)8(6)10;/h5-8H,2-4,10H2,1H3;1H/t5-,6+,7+,8+;/m1./s1. The minimum absolute atomic E-state index is 0. The summed E-state index contributed by atoms with van der Waals surface area (Å²) in [4.78, 5) is 11.2. The molecule has 2 rings (SSSR count). The number of nitrogens with two attached hydrogens (primary N) is 1. The maximum absolute atomic E-state index is 11.2. The second kappa shape index (κ2) is 3.84. The topological polar surface area (TPSA) is 52.3 Å². The SMILES string of the molecule is COC(=O)[C@H]1CC[C@@H]2C[C@@H]2[C@H]1N.Cl. The van der Waals surface area contributed by atoms with Crippen LogP contribution in [0.5, 0.6) is 0 Å². The first-order valence-corrected chi connectivity index (χ1v) is 4.57. The van der Waals surface area contributed by atoms with Crippen molar-refractivity contribution >= 4 is 18.4 Å². The number of esters is 1. The first-order chi connectivity index (χ1) is 5.74. The summed E-state index contributed by atoms with van der Waals surface area (Å²) < 4.78 is 4.71. The molecule has 0 aromatic carbocycles. The van der Waals surface area contributed by atoms with Gasteiger partial charge in [-0.1, -0.05) is 0 Å². The van der Waals surface area contributed by atoms with Crippen molar-refractivity contribution in [2.45, 2.75) is 25.3 Å². The predicted octanol–water partition coefficient (Wildman–Crippen LogP) is 0.955. The number of hydrogen-bond donors (Lipinski definition) is 1. The molecule has 0 aromatic heterocycles. The molecule has 76 valence electrons. The van der Waals surface area contributed by atoms with Crippen LogP contribution in [0.3, 0.4) is 0 Å². The van der Waals surface area contributed by atoms with Crippen LogP contribution >= 0.6 is 12.4 Å². The molecule has 0 spiro atoms. The maximum Gasteiger partial charge on any atom is 0.310 e. The van der Waals surface area contributed by atoms with Gasteiger partial charge in [-0.15, -0.1) is 12.4 Å². The number of ether oxygens (including phenoxy) is 1. The Balaban J connectivity index is 0.000000845. The molecular weight excluding hydrogens is 190 g/mol. The van der Waals surface area contributed by atoms with E-state index in [0.29, 0.717) is 5.92 Å². The number of carbonyl (C=O) groups is 1. The molecule has 0 bridgehead atoms. The van der Waals surface area contributed by atoms with Crippen LogP contribution in [-0.2, 0) is 9.53 Å². The van der Waals surface area contributed by atoms with Crippen molar-refractivity contribution in [2.75, 3.05) is 7.11 Å². The second-order valence-corrected chi connectivity index (χ2v) is 3.94. The summed E-state index contributed by atoms with van der Waals surface area (Å²) in [5, 5.41) is 0. The van der Waals surface area contributed by atoms with Crippen LogP contribution in [0, 0.1) is 17.8 Å². The van der Waals surface area contributed by atoms with Crippen molar-refractivity contribution in [3.8, 4) is 0 Å². The third-order valence-electron chi connectivity index (χ3n) is 3.29. The molecule has 0 saturated heterocycles. The lowest BCUT2D eigenvalue weighted by molar-refractivity contribution is -0.147. The van der Waals surface area contributed by atoms with Gasteiger partial charge < -0.3 is 10.5 Å². The summed E-state index contributed by atoms with van der Waals surface area (Å²) in [7, 11) is 1.44. The zero-order valence-electron chi connectivity index (χ0n) is 7.73. The van der Waals surface area contributed by atoms with Crippen LogP contribution in [-0.4, -0.2) is 19.1 Å². The lowest BCUT2D eigenvalue weighted by Crippen LogP contribution is -2.40. The molecule has 4 atom stereocenters. The fourth-order valence-electron chi connectivity index (χ4n) is 2.39. The van der Waals surface area contributed by atoms with Crippen molar-refractivity contribution < 1.29 is 9.53 Å². The molecule has 4 heteroatoms. The van der Waals surface area contributed by atoms with Gasteiger partial charge in [0.25, 0.3) is 0 Å². The molecular formula is C9H16ClNO2. The Bertz CT molecular complexity index is 210. The van der Waals surface area contributed by atoms with E-state index in [-0.39, 0.29) is 30.3 Å². The van der Waals surface area contributed by atoms with Gasteiger partial charge in [-0.3, -0.25) is 4.79 Å². The molecule has 0 radical (unpaired) electrons. The Kier molecular flexibility index (Phi) is 3.19. The van der Waals surface area contributed by atoms with E-state index >= 15 is 0 Å². The van der Waals surface area contributed by atoms with Crippen LogP contribution in [0.2, 0.25) is 0 Å². The van der Waals surface area contributed by atoms with Gasteiger partial charge in [0.2, 0.25) is 0 Å². The second-order valence-electron chi connectivity index (χ2n) is 3.94. The minimum atomic E-state index is -0.118. The Labute approximate surface area is 84.4 Å². The van der Waals surface area contributed by atoms with E-state index in [0.717, 1.165) is 18.8 Å². The number of carbonyl (C=O) groups excluding carboxylic acids is 1. The van der Waals surface area contributed by atoms with Crippen LogP contribution < -0.4 is 5.73 Å². The number of methoxy groups -OCH3 is 1. The van der Waals surface area contributed by atoms with E-state index in [1.807, 2.05) is 0 Å². The number of fused-ring (bicyclic) bond motifs is 1. The zero-order chi connectivity index (χ0) is 8.72. The summed E-state index contributed by atoms with van der Waals surface area (Å²) in [6.07, 6.45) is 3.32. The molecule has 2 aliphatic rings. The van der Waals surface area contributed by atoms with Gasteiger partial charge >= 0.3 is 5.97 Å². The van der Waals surface area contributed by atoms with E-state index in [9.17, 15) is 4.79 Å². The number of halogens is 1. The molecule has 0 aliphatic heterocycles. The molecule has 0 unspecified atom stereocenters. The van der Waals surface area contributed by atoms with Crippen LogP contribution in [0.1, 0.15) is 19.3 Å². The average Bonchev–Trinajstić information content (AvgIpc) is 2.83. The highest BCUT2D eigenvalue weighted by molar-refractivity contribution is 5.85. The van der Waals surface area contributed by atoms with Crippen molar-refractivity contribution in [1.82, 2.24) is 0 Å². The van der Waals surface area contributed by atoms with Gasteiger partial charge in [0.15, 0.2) is 0 Å². The third kappa shape index (κ3) is 1.81. The van der Waals surface area contributed by atoms with E-state index in [1.54, 1.807) is 0 Å². The van der Waals surface area contributed by atoms with Gasteiger partial charge in [-0.25, -0.2) is 0 Å². The summed E-state index contributed by atoms with van der Waals surface area (Å²) >= 11 is 0. The van der Waals surface area contributed by atoms with E-state index in [2.05, 4.69) is 0 Å². The number of rotatable bonds is 1. The molecule has 0 aromatic rings. The largest absolute Gasteiger partial charge is 0.469 e. The third-order valence-corrected chi connectivity index (χ3v) is 3.29. The van der Waals surface area contributed by atoms with Crippen molar-refractivity contribution in [2.24, 2.45) is 23.5 Å². The summed E-state index contributed by atoms with van der Waals surface area (Å²) in [5.74, 6) is 1.29. The molecule has 0 amide bonds. The van der Waals surface area contributed by atoms with Crippen molar-refractivity contribution in [1.29, 1.82) is 0 Å².